The number of hydrogen-bond acceptors (Lipinski definition) is 6. The van der Waals surface area contributed by atoms with Gasteiger partial charge in [-0.2, -0.15) is 0 Å². The molecule has 1 aromatic rings. The SMILES string of the molecule is CC1CN(C(=O)c2ccc(N)c([N+](=O)[O-])c2)CC2(CCOC2C)O1. The molecule has 2 N–H and O–H groups in total. The van der Waals surface area contributed by atoms with Crippen molar-refractivity contribution in [2.24, 2.45) is 0 Å². The van der Waals surface area contributed by atoms with Crippen molar-refractivity contribution in [3.63, 3.8) is 0 Å². The van der Waals surface area contributed by atoms with Crippen LogP contribution < -0.4 is 5.73 Å². The van der Waals surface area contributed by atoms with E-state index in [1.807, 2.05) is 13.8 Å². The van der Waals surface area contributed by atoms with E-state index in [1.165, 1.54) is 18.2 Å². The Morgan fingerprint density at radius 1 is 1.46 bits per heavy atom. The quantitative estimate of drug-likeness (QED) is 0.499. The molecule has 0 radical (unpaired) electrons. The van der Waals surface area contributed by atoms with Crippen LogP contribution in [-0.2, 0) is 9.47 Å². The average Bonchev–Trinajstić information content (AvgIpc) is 2.86. The van der Waals surface area contributed by atoms with Crippen molar-refractivity contribution in [3.8, 4) is 0 Å². The average molecular weight is 335 g/mol. The lowest BCUT2D eigenvalue weighted by molar-refractivity contribution is -0.383. The highest BCUT2D eigenvalue weighted by atomic mass is 16.6. The summed E-state index contributed by atoms with van der Waals surface area (Å²) in [6.07, 6.45) is 0.497. The Morgan fingerprint density at radius 3 is 2.83 bits per heavy atom. The van der Waals surface area contributed by atoms with Gasteiger partial charge in [0.2, 0.25) is 0 Å². The Balaban J connectivity index is 1.87. The first kappa shape index (κ1) is 16.7. The number of amides is 1. The molecule has 3 rings (SSSR count). The number of nitrogens with zero attached hydrogens (tertiary/aromatic N) is 2. The van der Waals surface area contributed by atoms with Crippen LogP contribution in [0.25, 0.3) is 0 Å². The highest BCUT2D eigenvalue weighted by molar-refractivity contribution is 5.95. The fourth-order valence-corrected chi connectivity index (χ4v) is 3.47. The number of morpholine rings is 1. The number of nitrogen functional groups attached to an aromatic ring is 1. The van der Waals surface area contributed by atoms with Crippen LogP contribution >= 0.6 is 0 Å². The fraction of sp³-hybridized carbons (Fsp3) is 0.562. The molecule has 24 heavy (non-hydrogen) atoms. The third kappa shape index (κ3) is 2.83. The van der Waals surface area contributed by atoms with Crippen molar-refractivity contribution in [1.29, 1.82) is 0 Å². The van der Waals surface area contributed by atoms with Gasteiger partial charge in [0.25, 0.3) is 11.6 Å². The molecular formula is C16H21N3O5. The molecule has 0 aromatic heterocycles. The van der Waals surface area contributed by atoms with Crippen LogP contribution in [0.1, 0.15) is 30.6 Å². The monoisotopic (exact) mass is 335 g/mol. The van der Waals surface area contributed by atoms with E-state index in [0.717, 1.165) is 6.42 Å². The van der Waals surface area contributed by atoms with Gasteiger partial charge < -0.3 is 20.1 Å². The Bertz CT molecular complexity index is 680. The lowest BCUT2D eigenvalue weighted by Crippen LogP contribution is -2.59. The van der Waals surface area contributed by atoms with Crippen LogP contribution in [0, 0.1) is 10.1 Å². The fourth-order valence-electron chi connectivity index (χ4n) is 3.47. The molecule has 0 aliphatic carbocycles. The predicted octanol–water partition coefficient (Wildman–Crippen LogP) is 1.59. The predicted molar refractivity (Wildman–Crippen MR) is 86.7 cm³/mol. The molecule has 1 amide bonds. The van der Waals surface area contributed by atoms with Crippen LogP contribution in [0.3, 0.4) is 0 Å². The van der Waals surface area contributed by atoms with Crippen molar-refractivity contribution >= 4 is 17.3 Å². The van der Waals surface area contributed by atoms with Gasteiger partial charge in [0.1, 0.15) is 11.3 Å². The van der Waals surface area contributed by atoms with Gasteiger partial charge in [-0.1, -0.05) is 0 Å². The Hall–Kier alpha value is -2.19. The van der Waals surface area contributed by atoms with Crippen molar-refractivity contribution in [2.75, 3.05) is 25.4 Å². The standard InChI is InChI=1S/C16H21N3O5/c1-10-8-18(9-16(24-10)5-6-23-11(16)2)15(20)12-3-4-13(17)14(7-12)19(21)22/h3-4,7,10-11H,5-6,8-9,17H2,1-2H3. The number of nitrogens with two attached hydrogens (primary N) is 1. The minimum Gasteiger partial charge on any atom is -0.393 e. The second kappa shape index (κ2) is 6.03. The Labute approximate surface area is 139 Å². The first-order chi connectivity index (χ1) is 11.3. The summed E-state index contributed by atoms with van der Waals surface area (Å²) < 4.78 is 11.7. The van der Waals surface area contributed by atoms with E-state index in [4.69, 9.17) is 15.2 Å². The van der Waals surface area contributed by atoms with Crippen LogP contribution in [-0.4, -0.2) is 53.2 Å². The number of benzene rings is 1. The smallest absolute Gasteiger partial charge is 0.292 e. The summed E-state index contributed by atoms with van der Waals surface area (Å²) in [7, 11) is 0. The minimum absolute atomic E-state index is 0.0428. The van der Waals surface area contributed by atoms with Crippen LogP contribution in [0.2, 0.25) is 0 Å². The molecule has 130 valence electrons. The highest BCUT2D eigenvalue weighted by Crippen LogP contribution is 2.35. The number of rotatable bonds is 2. The summed E-state index contributed by atoms with van der Waals surface area (Å²) in [4.78, 5) is 25.0. The maximum atomic E-state index is 12.8. The number of hydrogen-bond donors (Lipinski definition) is 1. The summed E-state index contributed by atoms with van der Waals surface area (Å²) in [6, 6.07) is 4.15. The number of carbonyl (C=O) groups is 1. The number of carbonyl (C=O) groups excluding carboxylic acids is 1. The van der Waals surface area contributed by atoms with Gasteiger partial charge in [0.15, 0.2) is 0 Å². The lowest BCUT2D eigenvalue weighted by Gasteiger charge is -2.45. The van der Waals surface area contributed by atoms with Crippen LogP contribution in [0.15, 0.2) is 18.2 Å². The summed E-state index contributed by atoms with van der Waals surface area (Å²) in [6.45, 7) is 5.31. The summed E-state index contributed by atoms with van der Waals surface area (Å²) >= 11 is 0. The van der Waals surface area contributed by atoms with Gasteiger partial charge in [-0.15, -0.1) is 0 Å². The molecule has 2 aliphatic rings. The molecule has 2 aliphatic heterocycles. The summed E-state index contributed by atoms with van der Waals surface area (Å²) in [5.41, 5.74) is 5.14. The van der Waals surface area contributed by atoms with Gasteiger partial charge in [-0.25, -0.2) is 0 Å². The van der Waals surface area contributed by atoms with Gasteiger partial charge in [-0.05, 0) is 26.0 Å². The molecule has 8 heteroatoms. The lowest BCUT2D eigenvalue weighted by atomic mass is 9.92. The number of ether oxygens (including phenoxy) is 2. The third-order valence-corrected chi connectivity index (χ3v) is 4.77. The van der Waals surface area contributed by atoms with E-state index in [2.05, 4.69) is 0 Å². The number of anilines is 1. The Kier molecular flexibility index (Phi) is 4.18. The summed E-state index contributed by atoms with van der Waals surface area (Å²) in [5.74, 6) is -0.258. The molecule has 2 saturated heterocycles. The molecule has 2 heterocycles. The molecule has 1 spiro atoms. The van der Waals surface area contributed by atoms with Crippen molar-refractivity contribution in [3.05, 3.63) is 33.9 Å². The Morgan fingerprint density at radius 2 is 2.21 bits per heavy atom. The zero-order chi connectivity index (χ0) is 17.5. The second-order valence-corrected chi connectivity index (χ2v) is 6.47. The molecule has 0 bridgehead atoms. The molecular weight excluding hydrogens is 314 g/mol. The number of nitro benzene ring substituents is 1. The first-order valence-corrected chi connectivity index (χ1v) is 7.95. The van der Waals surface area contributed by atoms with Gasteiger partial charge >= 0.3 is 0 Å². The van der Waals surface area contributed by atoms with E-state index in [0.29, 0.717) is 19.7 Å². The first-order valence-electron chi connectivity index (χ1n) is 7.95. The van der Waals surface area contributed by atoms with Gasteiger partial charge in [0, 0.05) is 31.2 Å². The highest BCUT2D eigenvalue weighted by Gasteiger charge is 2.48. The molecule has 2 fully saturated rings. The van der Waals surface area contributed by atoms with E-state index in [1.54, 1.807) is 4.90 Å². The molecule has 1 aromatic carbocycles. The van der Waals surface area contributed by atoms with Crippen LogP contribution in [0.4, 0.5) is 11.4 Å². The third-order valence-electron chi connectivity index (χ3n) is 4.77. The van der Waals surface area contributed by atoms with E-state index >= 15 is 0 Å². The minimum atomic E-state index is -0.581. The van der Waals surface area contributed by atoms with E-state index < -0.39 is 10.5 Å². The molecule has 8 nitrogen and oxygen atoms in total. The topological polar surface area (TPSA) is 108 Å². The maximum Gasteiger partial charge on any atom is 0.292 e. The largest absolute Gasteiger partial charge is 0.393 e. The van der Waals surface area contributed by atoms with Crippen molar-refractivity contribution in [1.82, 2.24) is 4.90 Å². The zero-order valence-electron chi connectivity index (χ0n) is 13.7. The maximum absolute atomic E-state index is 12.8. The van der Waals surface area contributed by atoms with E-state index in [9.17, 15) is 14.9 Å². The van der Waals surface area contributed by atoms with Crippen molar-refractivity contribution in [2.45, 2.75) is 38.1 Å². The van der Waals surface area contributed by atoms with Crippen molar-refractivity contribution < 1.29 is 19.2 Å². The molecule has 0 saturated carbocycles. The second-order valence-electron chi connectivity index (χ2n) is 6.47. The normalized spacial score (nSPS) is 29.8. The van der Waals surface area contributed by atoms with Crippen LogP contribution in [0.5, 0.6) is 0 Å². The molecule has 3 atom stereocenters. The van der Waals surface area contributed by atoms with Gasteiger partial charge in [0.05, 0.1) is 23.7 Å². The van der Waals surface area contributed by atoms with Gasteiger partial charge in [-0.3, -0.25) is 14.9 Å². The summed E-state index contributed by atoms with van der Waals surface area (Å²) in [5, 5.41) is 11.0. The van der Waals surface area contributed by atoms with E-state index in [-0.39, 0.29) is 35.1 Å². The zero-order valence-corrected chi connectivity index (χ0v) is 13.7. The number of nitro groups is 1. The molecule has 3 unspecified atom stereocenters.